The molecule has 3 heteroatoms. The van der Waals surface area contributed by atoms with Crippen LogP contribution >= 0.6 is 0 Å². The zero-order valence-corrected chi connectivity index (χ0v) is 24.3. The number of hydrogen-bond donors (Lipinski definition) is 0. The predicted molar refractivity (Wildman–Crippen MR) is 157 cm³/mol. The van der Waals surface area contributed by atoms with Gasteiger partial charge in [0.2, 0.25) is 0 Å². The van der Waals surface area contributed by atoms with Crippen LogP contribution in [0.1, 0.15) is 94.5 Å². The summed E-state index contributed by atoms with van der Waals surface area (Å²) in [5.74, 6) is 1.07. The van der Waals surface area contributed by atoms with Crippen molar-refractivity contribution in [2.45, 2.75) is 99.1 Å². The van der Waals surface area contributed by atoms with Crippen molar-refractivity contribution in [3.8, 4) is 0 Å². The van der Waals surface area contributed by atoms with E-state index >= 15 is 4.39 Å². The van der Waals surface area contributed by atoms with E-state index in [1.807, 2.05) is 19.9 Å². The van der Waals surface area contributed by atoms with E-state index in [4.69, 9.17) is 0 Å². The molecule has 0 amide bonds. The minimum atomic E-state index is 0.00938. The Hall–Kier alpha value is -2.13. The summed E-state index contributed by atoms with van der Waals surface area (Å²) in [7, 11) is 0. The first-order chi connectivity index (χ1) is 18.0. The number of rotatable bonds is 10. The lowest BCUT2D eigenvalue weighted by Gasteiger charge is -2.33. The molecule has 2 aromatic rings. The standard InChI is InChI=1S/C32H45FN2.C2H6/c1-5-24(3)20-35(21-26-18-28-13-8-7-9-15-31(28)32(33)19-26)25(4)29-16-17-34(22-29)23-30-14-11-10-12-27(30)6-2;1-2/h10-12,14,18-19,24,29H,4-9,13,15-17,20-23H2,1-3H3;1-2H3/t24?,29-;/m1./s1. The summed E-state index contributed by atoms with van der Waals surface area (Å²) in [5, 5.41) is 0. The summed E-state index contributed by atoms with van der Waals surface area (Å²) in [4.78, 5) is 5.06. The highest BCUT2D eigenvalue weighted by Gasteiger charge is 2.28. The van der Waals surface area contributed by atoms with Crippen LogP contribution in [0.5, 0.6) is 0 Å². The molecule has 2 atom stereocenters. The molecular weight excluding hydrogens is 455 g/mol. The van der Waals surface area contributed by atoms with Crippen molar-refractivity contribution < 1.29 is 4.39 Å². The molecule has 0 N–H and O–H groups in total. The zero-order valence-electron chi connectivity index (χ0n) is 24.3. The van der Waals surface area contributed by atoms with E-state index in [0.717, 1.165) is 82.4 Å². The third-order valence-electron chi connectivity index (χ3n) is 8.37. The number of benzene rings is 2. The fourth-order valence-corrected chi connectivity index (χ4v) is 5.96. The second-order valence-corrected chi connectivity index (χ2v) is 11.0. The van der Waals surface area contributed by atoms with E-state index in [-0.39, 0.29) is 5.82 Å². The monoisotopic (exact) mass is 506 g/mol. The summed E-state index contributed by atoms with van der Waals surface area (Å²) in [6.07, 6.45) is 8.80. The van der Waals surface area contributed by atoms with Gasteiger partial charge in [-0.25, -0.2) is 4.39 Å². The van der Waals surface area contributed by atoms with E-state index in [0.29, 0.717) is 11.8 Å². The number of aryl methyl sites for hydroxylation is 2. The highest BCUT2D eigenvalue weighted by atomic mass is 19.1. The van der Waals surface area contributed by atoms with Crippen molar-refractivity contribution in [2.75, 3.05) is 19.6 Å². The molecule has 1 heterocycles. The van der Waals surface area contributed by atoms with Gasteiger partial charge >= 0.3 is 0 Å². The quantitative estimate of drug-likeness (QED) is 0.298. The van der Waals surface area contributed by atoms with Crippen LogP contribution in [0.2, 0.25) is 0 Å². The minimum absolute atomic E-state index is 0.00938. The molecule has 2 aromatic carbocycles. The van der Waals surface area contributed by atoms with E-state index in [1.165, 1.54) is 35.2 Å². The summed E-state index contributed by atoms with van der Waals surface area (Å²) < 4.78 is 15.1. The second kappa shape index (κ2) is 14.7. The van der Waals surface area contributed by atoms with Crippen LogP contribution in [0.25, 0.3) is 0 Å². The van der Waals surface area contributed by atoms with Gasteiger partial charge < -0.3 is 4.90 Å². The molecule has 1 aliphatic heterocycles. The summed E-state index contributed by atoms with van der Waals surface area (Å²) in [6, 6.07) is 13.0. The topological polar surface area (TPSA) is 6.48 Å². The zero-order chi connectivity index (χ0) is 26.8. The van der Waals surface area contributed by atoms with Gasteiger partial charge in [-0.05, 0) is 84.9 Å². The van der Waals surface area contributed by atoms with Crippen LogP contribution in [-0.2, 0) is 32.4 Å². The second-order valence-electron chi connectivity index (χ2n) is 11.0. The summed E-state index contributed by atoms with van der Waals surface area (Å²) >= 11 is 0. The predicted octanol–water partition coefficient (Wildman–Crippen LogP) is 8.57. The highest BCUT2D eigenvalue weighted by Crippen LogP contribution is 2.31. The van der Waals surface area contributed by atoms with Crippen molar-refractivity contribution in [3.63, 3.8) is 0 Å². The number of halogens is 1. The Bertz CT molecular complexity index is 997. The molecule has 0 saturated carbocycles. The van der Waals surface area contributed by atoms with Crippen molar-refractivity contribution in [1.29, 1.82) is 0 Å². The molecule has 0 radical (unpaired) electrons. The lowest BCUT2D eigenvalue weighted by Crippen LogP contribution is -2.32. The molecule has 2 aliphatic rings. The summed E-state index contributed by atoms with van der Waals surface area (Å²) in [6.45, 7) is 20.4. The van der Waals surface area contributed by atoms with E-state index < -0.39 is 0 Å². The first kappa shape index (κ1) is 29.4. The molecule has 37 heavy (non-hydrogen) atoms. The van der Waals surface area contributed by atoms with Crippen LogP contribution in [-0.4, -0.2) is 29.4 Å². The fraction of sp³-hybridized carbons (Fsp3) is 0.588. The third-order valence-corrected chi connectivity index (χ3v) is 8.37. The van der Waals surface area contributed by atoms with E-state index in [1.54, 1.807) is 0 Å². The normalized spacial score (nSPS) is 18.4. The van der Waals surface area contributed by atoms with Gasteiger partial charge in [0.1, 0.15) is 5.82 Å². The molecule has 4 rings (SSSR count). The van der Waals surface area contributed by atoms with Crippen molar-refractivity contribution >= 4 is 0 Å². The number of nitrogens with zero attached hydrogens (tertiary/aromatic N) is 2. The van der Waals surface area contributed by atoms with E-state index in [9.17, 15) is 0 Å². The van der Waals surface area contributed by atoms with Gasteiger partial charge in [0.25, 0.3) is 0 Å². The summed E-state index contributed by atoms with van der Waals surface area (Å²) in [5.41, 5.74) is 7.48. The maximum absolute atomic E-state index is 15.1. The van der Waals surface area contributed by atoms with Gasteiger partial charge in [-0.15, -0.1) is 0 Å². The Morgan fingerprint density at radius 3 is 2.54 bits per heavy atom. The maximum Gasteiger partial charge on any atom is 0.127 e. The average Bonchev–Trinajstić information content (AvgIpc) is 3.25. The van der Waals surface area contributed by atoms with Crippen LogP contribution in [0.4, 0.5) is 4.39 Å². The Morgan fingerprint density at radius 1 is 1.08 bits per heavy atom. The van der Waals surface area contributed by atoms with Gasteiger partial charge in [0.15, 0.2) is 0 Å². The molecule has 0 spiro atoms. The van der Waals surface area contributed by atoms with Crippen molar-refractivity contribution in [1.82, 2.24) is 9.80 Å². The Kier molecular flexibility index (Phi) is 11.7. The van der Waals surface area contributed by atoms with Gasteiger partial charge in [-0.1, -0.05) is 84.4 Å². The Labute approximate surface area is 227 Å². The molecule has 2 nitrogen and oxygen atoms in total. The number of hydrogen-bond acceptors (Lipinski definition) is 2. The number of likely N-dealkylation sites (tertiary alicyclic amines) is 1. The molecule has 1 aliphatic carbocycles. The molecular formula is C34H51FN2. The largest absolute Gasteiger partial charge is 0.370 e. The van der Waals surface area contributed by atoms with Gasteiger partial charge in [-0.2, -0.15) is 0 Å². The molecule has 0 aromatic heterocycles. The van der Waals surface area contributed by atoms with E-state index in [2.05, 4.69) is 67.5 Å². The van der Waals surface area contributed by atoms with Gasteiger partial charge in [-0.3, -0.25) is 4.90 Å². The highest BCUT2D eigenvalue weighted by molar-refractivity contribution is 5.35. The SMILES string of the molecule is C=C([C@@H]1CCN(Cc2ccccc2CC)C1)N(Cc1cc(F)c2c(c1)CCCCC2)CC(C)CC.CC. The molecule has 1 unspecified atom stereocenters. The maximum atomic E-state index is 15.1. The van der Waals surface area contributed by atoms with Crippen LogP contribution < -0.4 is 0 Å². The van der Waals surface area contributed by atoms with Crippen molar-refractivity contribution in [3.05, 3.63) is 82.3 Å². The van der Waals surface area contributed by atoms with Crippen LogP contribution in [0, 0.1) is 17.7 Å². The first-order valence-electron chi connectivity index (χ1n) is 15.0. The van der Waals surface area contributed by atoms with Crippen LogP contribution in [0.3, 0.4) is 0 Å². The van der Waals surface area contributed by atoms with Crippen molar-refractivity contribution in [2.24, 2.45) is 11.8 Å². The molecule has 204 valence electrons. The fourth-order valence-electron chi connectivity index (χ4n) is 5.96. The third kappa shape index (κ3) is 7.93. The number of fused-ring (bicyclic) bond motifs is 1. The molecule has 1 fully saturated rings. The first-order valence-corrected chi connectivity index (χ1v) is 15.0. The lowest BCUT2D eigenvalue weighted by atomic mass is 9.97. The van der Waals surface area contributed by atoms with Gasteiger partial charge in [0.05, 0.1) is 0 Å². The molecule has 0 bridgehead atoms. The Morgan fingerprint density at radius 2 is 1.81 bits per heavy atom. The lowest BCUT2D eigenvalue weighted by molar-refractivity contribution is 0.248. The molecule has 1 saturated heterocycles. The smallest absolute Gasteiger partial charge is 0.127 e. The Balaban J connectivity index is 0.00000186. The minimum Gasteiger partial charge on any atom is -0.370 e. The van der Waals surface area contributed by atoms with Gasteiger partial charge in [0, 0.05) is 37.8 Å². The van der Waals surface area contributed by atoms with Crippen LogP contribution in [0.15, 0.2) is 48.7 Å². The average molecular weight is 507 g/mol.